The number of carbonyl (C=O) groups excluding carboxylic acids is 1. The predicted octanol–water partition coefficient (Wildman–Crippen LogP) is 6.37. The third-order valence-electron chi connectivity index (χ3n) is 3.62. The van der Waals surface area contributed by atoms with Gasteiger partial charge < -0.3 is 0 Å². The smallest absolute Gasteiger partial charge is 0.255 e. The van der Waals surface area contributed by atoms with Gasteiger partial charge in [-0.05, 0) is 48.0 Å². The van der Waals surface area contributed by atoms with Crippen molar-refractivity contribution >= 4 is 46.6 Å². The van der Waals surface area contributed by atoms with Crippen LogP contribution in [0, 0.1) is 0 Å². The molecule has 0 radical (unpaired) electrons. The monoisotopic (exact) mass is 367 g/mol. The van der Waals surface area contributed by atoms with Crippen LogP contribution in [-0.4, -0.2) is 5.91 Å². The molecule has 3 aromatic rings. The number of rotatable bonds is 4. The van der Waals surface area contributed by atoms with Crippen LogP contribution >= 0.6 is 23.2 Å². The summed E-state index contributed by atoms with van der Waals surface area (Å²) >= 11 is 12.1. The number of halogens is 2. The first-order valence-electron chi connectivity index (χ1n) is 7.72. The zero-order valence-electron chi connectivity index (χ0n) is 13.3. The minimum Gasteiger partial charge on any atom is -0.278 e. The highest BCUT2D eigenvalue weighted by Crippen LogP contribution is 2.26. The molecule has 0 aliphatic carbocycles. The van der Waals surface area contributed by atoms with Crippen molar-refractivity contribution in [2.24, 2.45) is 0 Å². The van der Waals surface area contributed by atoms with E-state index in [0.29, 0.717) is 10.0 Å². The van der Waals surface area contributed by atoms with Gasteiger partial charge in [0, 0.05) is 27.5 Å². The summed E-state index contributed by atoms with van der Waals surface area (Å²) in [5, 5.41) is 1.06. The van der Waals surface area contributed by atoms with E-state index >= 15 is 0 Å². The van der Waals surface area contributed by atoms with Crippen LogP contribution < -0.4 is 4.90 Å². The second-order valence-electron chi connectivity index (χ2n) is 5.34. The highest BCUT2D eigenvalue weighted by atomic mass is 35.5. The van der Waals surface area contributed by atoms with Gasteiger partial charge in [-0.2, -0.15) is 0 Å². The number of carbonyl (C=O) groups is 1. The molecule has 0 N–H and O–H groups in total. The second-order valence-corrected chi connectivity index (χ2v) is 6.19. The molecule has 0 atom stereocenters. The molecule has 0 bridgehead atoms. The van der Waals surface area contributed by atoms with Gasteiger partial charge in [0.25, 0.3) is 5.91 Å². The van der Waals surface area contributed by atoms with E-state index in [9.17, 15) is 4.79 Å². The highest BCUT2D eigenvalue weighted by Gasteiger charge is 2.15. The van der Waals surface area contributed by atoms with E-state index in [4.69, 9.17) is 23.2 Å². The number of hydrogen-bond acceptors (Lipinski definition) is 1. The number of hydrogen-bond donors (Lipinski definition) is 0. The molecule has 3 aromatic carbocycles. The van der Waals surface area contributed by atoms with Crippen LogP contribution in [-0.2, 0) is 4.79 Å². The van der Waals surface area contributed by atoms with Gasteiger partial charge in [-0.3, -0.25) is 9.69 Å². The summed E-state index contributed by atoms with van der Waals surface area (Å²) in [5.41, 5.74) is 2.33. The Labute approximate surface area is 156 Å². The number of nitrogens with zero attached hydrogens (tertiary/aromatic N) is 1. The maximum Gasteiger partial charge on any atom is 0.255 e. The molecule has 0 unspecified atom stereocenters. The molecule has 1 amide bonds. The molecule has 25 heavy (non-hydrogen) atoms. The summed E-state index contributed by atoms with van der Waals surface area (Å²) < 4.78 is 0. The van der Waals surface area contributed by atoms with E-state index in [-0.39, 0.29) is 5.91 Å². The third kappa shape index (κ3) is 4.30. The summed E-state index contributed by atoms with van der Waals surface area (Å²) in [4.78, 5) is 14.5. The first-order valence-corrected chi connectivity index (χ1v) is 8.48. The molecule has 0 saturated heterocycles. The van der Waals surface area contributed by atoms with Gasteiger partial charge in [0.15, 0.2) is 0 Å². The van der Waals surface area contributed by atoms with E-state index in [1.807, 2.05) is 60.7 Å². The van der Waals surface area contributed by atoms with Crippen LogP contribution in [0.2, 0.25) is 10.0 Å². The van der Waals surface area contributed by atoms with Crippen LogP contribution in [0.25, 0.3) is 6.08 Å². The van der Waals surface area contributed by atoms with E-state index in [2.05, 4.69) is 0 Å². The zero-order chi connectivity index (χ0) is 17.6. The molecule has 0 aliphatic heterocycles. The molecule has 3 rings (SSSR count). The fraction of sp³-hybridized carbons (Fsp3) is 0. The molecule has 0 aromatic heterocycles. The Morgan fingerprint density at radius 3 is 1.88 bits per heavy atom. The van der Waals surface area contributed by atoms with Gasteiger partial charge in [0.2, 0.25) is 0 Å². The predicted molar refractivity (Wildman–Crippen MR) is 106 cm³/mol. The van der Waals surface area contributed by atoms with Crippen molar-refractivity contribution < 1.29 is 4.79 Å². The SMILES string of the molecule is O=C(/C=C/c1ccc(Cl)cc1Cl)N(c1ccccc1)c1ccccc1. The van der Waals surface area contributed by atoms with Crippen molar-refractivity contribution in [1.29, 1.82) is 0 Å². The normalized spacial score (nSPS) is 10.8. The van der Waals surface area contributed by atoms with Crippen LogP contribution in [0.5, 0.6) is 0 Å². The Kier molecular flexibility index (Phi) is 5.54. The lowest BCUT2D eigenvalue weighted by Gasteiger charge is -2.21. The van der Waals surface area contributed by atoms with E-state index in [1.54, 1.807) is 29.2 Å². The first kappa shape index (κ1) is 17.3. The van der Waals surface area contributed by atoms with Gasteiger partial charge in [0.05, 0.1) is 0 Å². The molecule has 0 aliphatic rings. The standard InChI is InChI=1S/C21H15Cl2NO/c22-17-13-11-16(20(23)15-17)12-14-21(25)24(18-7-3-1-4-8-18)19-9-5-2-6-10-19/h1-15H/b14-12+. The lowest BCUT2D eigenvalue weighted by atomic mass is 10.2. The summed E-state index contributed by atoms with van der Waals surface area (Å²) in [6.07, 6.45) is 3.20. The molecule has 0 spiro atoms. The Hall–Kier alpha value is -2.55. The van der Waals surface area contributed by atoms with Gasteiger partial charge in [0.1, 0.15) is 0 Å². The van der Waals surface area contributed by atoms with Crippen molar-refractivity contribution in [3.8, 4) is 0 Å². The highest BCUT2D eigenvalue weighted by molar-refractivity contribution is 6.35. The van der Waals surface area contributed by atoms with Crippen molar-refractivity contribution in [3.05, 3.63) is 101 Å². The molecule has 0 heterocycles. The van der Waals surface area contributed by atoms with Crippen LogP contribution in [0.4, 0.5) is 11.4 Å². The molecule has 0 saturated carbocycles. The van der Waals surface area contributed by atoms with Crippen LogP contribution in [0.3, 0.4) is 0 Å². The Balaban J connectivity index is 1.93. The average Bonchev–Trinajstić information content (AvgIpc) is 2.63. The summed E-state index contributed by atoms with van der Waals surface area (Å²) in [7, 11) is 0. The van der Waals surface area contributed by atoms with Crippen molar-refractivity contribution in [3.63, 3.8) is 0 Å². The number of anilines is 2. The zero-order valence-corrected chi connectivity index (χ0v) is 14.8. The van der Waals surface area contributed by atoms with Crippen molar-refractivity contribution in [2.45, 2.75) is 0 Å². The third-order valence-corrected chi connectivity index (χ3v) is 4.18. The quantitative estimate of drug-likeness (QED) is 0.490. The van der Waals surface area contributed by atoms with Gasteiger partial charge in [-0.15, -0.1) is 0 Å². The number of amides is 1. The molecule has 2 nitrogen and oxygen atoms in total. The lowest BCUT2D eigenvalue weighted by molar-refractivity contribution is -0.113. The minimum atomic E-state index is -0.164. The summed E-state index contributed by atoms with van der Waals surface area (Å²) in [6, 6.07) is 24.2. The minimum absolute atomic E-state index is 0.164. The van der Waals surface area contributed by atoms with Crippen molar-refractivity contribution in [2.75, 3.05) is 4.90 Å². The van der Waals surface area contributed by atoms with Crippen LogP contribution in [0.1, 0.15) is 5.56 Å². The van der Waals surface area contributed by atoms with Gasteiger partial charge in [-0.25, -0.2) is 0 Å². The lowest BCUT2D eigenvalue weighted by Crippen LogP contribution is -2.23. The van der Waals surface area contributed by atoms with E-state index in [1.165, 1.54) is 6.08 Å². The Bertz CT molecular complexity index is 853. The molecular weight excluding hydrogens is 353 g/mol. The van der Waals surface area contributed by atoms with Crippen molar-refractivity contribution in [1.82, 2.24) is 0 Å². The fourth-order valence-corrected chi connectivity index (χ4v) is 2.90. The maximum absolute atomic E-state index is 12.9. The first-order chi connectivity index (χ1) is 12.1. The van der Waals surface area contributed by atoms with Crippen LogP contribution in [0.15, 0.2) is 84.9 Å². The molecule has 4 heteroatoms. The van der Waals surface area contributed by atoms with E-state index in [0.717, 1.165) is 16.9 Å². The van der Waals surface area contributed by atoms with Gasteiger partial charge in [-0.1, -0.05) is 65.7 Å². The summed E-state index contributed by atoms with van der Waals surface area (Å²) in [5.74, 6) is -0.164. The number of benzene rings is 3. The Morgan fingerprint density at radius 1 is 0.800 bits per heavy atom. The maximum atomic E-state index is 12.9. The fourth-order valence-electron chi connectivity index (χ4n) is 2.43. The molecule has 0 fully saturated rings. The Morgan fingerprint density at radius 2 is 1.36 bits per heavy atom. The average molecular weight is 368 g/mol. The number of para-hydroxylation sites is 2. The van der Waals surface area contributed by atoms with Gasteiger partial charge >= 0.3 is 0 Å². The van der Waals surface area contributed by atoms with E-state index < -0.39 is 0 Å². The largest absolute Gasteiger partial charge is 0.278 e. The second kappa shape index (κ2) is 8.02. The molecule has 124 valence electrons. The topological polar surface area (TPSA) is 20.3 Å². The molecular formula is C21H15Cl2NO. The summed E-state index contributed by atoms with van der Waals surface area (Å²) in [6.45, 7) is 0.